The Morgan fingerprint density at radius 2 is 2.19 bits per heavy atom. The van der Waals surface area contributed by atoms with Gasteiger partial charge in [0.1, 0.15) is 5.76 Å². The van der Waals surface area contributed by atoms with Crippen LogP contribution in [-0.2, 0) is 11.2 Å². The molecular weight excluding hydrogens is 443 g/mol. The van der Waals surface area contributed by atoms with E-state index in [1.54, 1.807) is 13.4 Å². The third-order valence-electron chi connectivity index (χ3n) is 4.49. The average Bonchev–Trinajstić information content (AvgIpc) is 3.14. The van der Waals surface area contributed by atoms with Gasteiger partial charge in [0, 0.05) is 58.9 Å². The van der Waals surface area contributed by atoms with E-state index in [9.17, 15) is 0 Å². The molecule has 0 unspecified atom stereocenters. The quantitative estimate of drug-likeness (QED) is 0.235. The van der Waals surface area contributed by atoms with Crippen molar-refractivity contribution in [2.45, 2.75) is 45.1 Å². The van der Waals surface area contributed by atoms with Gasteiger partial charge in [-0.2, -0.15) is 0 Å². The van der Waals surface area contributed by atoms with Crippen LogP contribution in [0.25, 0.3) is 0 Å². The molecule has 0 bridgehead atoms. The molecule has 6 nitrogen and oxygen atoms in total. The van der Waals surface area contributed by atoms with Crippen molar-refractivity contribution < 1.29 is 9.15 Å². The average molecular weight is 478 g/mol. The lowest BCUT2D eigenvalue weighted by Crippen LogP contribution is -2.49. The summed E-state index contributed by atoms with van der Waals surface area (Å²) >= 11 is 0. The second kappa shape index (κ2) is 14.3. The maximum atomic E-state index is 5.38. The van der Waals surface area contributed by atoms with Crippen LogP contribution in [0.2, 0.25) is 0 Å². The van der Waals surface area contributed by atoms with Gasteiger partial charge < -0.3 is 24.7 Å². The fourth-order valence-corrected chi connectivity index (χ4v) is 3.06. The van der Waals surface area contributed by atoms with E-state index in [0.717, 1.165) is 83.2 Å². The number of nitrogens with one attached hydrogen (secondary N) is 2. The molecule has 0 spiro atoms. The van der Waals surface area contributed by atoms with Crippen molar-refractivity contribution in [3.05, 3.63) is 24.2 Å². The first kappa shape index (κ1) is 23.2. The van der Waals surface area contributed by atoms with Gasteiger partial charge in [-0.05, 0) is 37.8 Å². The van der Waals surface area contributed by atoms with E-state index in [0.29, 0.717) is 6.04 Å². The van der Waals surface area contributed by atoms with Crippen LogP contribution in [0.4, 0.5) is 0 Å². The van der Waals surface area contributed by atoms with E-state index in [1.807, 2.05) is 12.1 Å². The molecular formula is C19H35IN4O2. The van der Waals surface area contributed by atoms with Gasteiger partial charge in [-0.1, -0.05) is 6.92 Å². The summed E-state index contributed by atoms with van der Waals surface area (Å²) in [6.45, 7) is 8.13. The number of likely N-dealkylation sites (tertiary alicyclic amines) is 1. The second-order valence-corrected chi connectivity index (χ2v) is 6.59. The zero-order valence-corrected chi connectivity index (χ0v) is 18.5. The number of guanidine groups is 1. The minimum absolute atomic E-state index is 0. The van der Waals surface area contributed by atoms with Crippen LogP contribution in [0.15, 0.2) is 27.8 Å². The molecule has 2 rings (SSSR count). The van der Waals surface area contributed by atoms with Crippen LogP contribution in [0.1, 0.15) is 38.4 Å². The highest BCUT2D eigenvalue weighted by atomic mass is 127. The summed E-state index contributed by atoms with van der Waals surface area (Å²) in [7, 11) is 1.77. The number of furan rings is 1. The lowest BCUT2D eigenvalue weighted by atomic mass is 10.1. The van der Waals surface area contributed by atoms with E-state index in [4.69, 9.17) is 9.15 Å². The van der Waals surface area contributed by atoms with Crippen LogP contribution < -0.4 is 10.6 Å². The molecule has 2 heterocycles. The predicted octanol–water partition coefficient (Wildman–Crippen LogP) is 2.89. The third-order valence-corrected chi connectivity index (χ3v) is 4.49. The lowest BCUT2D eigenvalue weighted by molar-refractivity contribution is 0.155. The van der Waals surface area contributed by atoms with E-state index in [-0.39, 0.29) is 24.0 Å². The Balaban J connectivity index is 0.00000338. The maximum Gasteiger partial charge on any atom is 0.191 e. The fraction of sp³-hybridized carbons (Fsp3) is 0.737. The number of ether oxygens (including phenoxy) is 1. The van der Waals surface area contributed by atoms with Gasteiger partial charge in [0.2, 0.25) is 0 Å². The summed E-state index contributed by atoms with van der Waals surface area (Å²) in [5.74, 6) is 1.94. The molecule has 0 radical (unpaired) electrons. The first-order valence-corrected chi connectivity index (χ1v) is 9.60. The molecule has 1 aromatic heterocycles. The summed E-state index contributed by atoms with van der Waals surface area (Å²) in [5.41, 5.74) is 0. The molecule has 0 aromatic carbocycles. The molecule has 0 amide bonds. The van der Waals surface area contributed by atoms with Crippen molar-refractivity contribution in [1.82, 2.24) is 15.5 Å². The Labute approximate surface area is 175 Å². The smallest absolute Gasteiger partial charge is 0.191 e. The monoisotopic (exact) mass is 478 g/mol. The predicted molar refractivity (Wildman–Crippen MR) is 118 cm³/mol. The molecule has 0 saturated carbocycles. The molecule has 0 atom stereocenters. The van der Waals surface area contributed by atoms with Crippen molar-refractivity contribution in [2.75, 3.05) is 46.4 Å². The number of nitrogens with zero attached hydrogens (tertiary/aromatic N) is 2. The van der Waals surface area contributed by atoms with Crippen LogP contribution in [-0.4, -0.2) is 63.3 Å². The van der Waals surface area contributed by atoms with Crippen molar-refractivity contribution in [3.8, 4) is 0 Å². The highest BCUT2D eigenvalue weighted by molar-refractivity contribution is 14.0. The van der Waals surface area contributed by atoms with Gasteiger partial charge in [0.15, 0.2) is 5.96 Å². The standard InChI is InChI=1S/C19H34N4O2.HI/c1-3-10-20-19(21-11-7-18-6-4-16-25-18)22-17-8-13-23(14-9-17)12-5-15-24-2;/h4,6,16-17H,3,5,7-15H2,1-2H3,(H2,20,21,22);1H. The zero-order chi connectivity index (χ0) is 17.7. The molecule has 150 valence electrons. The summed E-state index contributed by atoms with van der Waals surface area (Å²) in [6, 6.07) is 4.45. The van der Waals surface area contributed by atoms with Gasteiger partial charge in [-0.3, -0.25) is 4.99 Å². The Bertz CT molecular complexity index is 474. The van der Waals surface area contributed by atoms with Crippen LogP contribution in [0.3, 0.4) is 0 Å². The van der Waals surface area contributed by atoms with Crippen LogP contribution >= 0.6 is 24.0 Å². The SMILES string of the molecule is CCCN=C(NCCc1ccco1)NC1CCN(CCCOC)CC1.I. The van der Waals surface area contributed by atoms with Crippen LogP contribution in [0.5, 0.6) is 0 Å². The Kier molecular flexibility index (Phi) is 12.8. The summed E-state index contributed by atoms with van der Waals surface area (Å²) in [4.78, 5) is 7.20. The summed E-state index contributed by atoms with van der Waals surface area (Å²) in [6.07, 6.45) is 7.10. The second-order valence-electron chi connectivity index (χ2n) is 6.59. The molecule has 2 N–H and O–H groups in total. The number of aliphatic imine (C=N–C) groups is 1. The summed E-state index contributed by atoms with van der Waals surface area (Å²) < 4.78 is 10.5. The van der Waals surface area contributed by atoms with Crippen molar-refractivity contribution in [3.63, 3.8) is 0 Å². The number of methoxy groups -OCH3 is 1. The highest BCUT2D eigenvalue weighted by Gasteiger charge is 2.19. The van der Waals surface area contributed by atoms with E-state index in [2.05, 4.69) is 27.4 Å². The van der Waals surface area contributed by atoms with E-state index < -0.39 is 0 Å². The number of rotatable bonds is 10. The van der Waals surface area contributed by atoms with E-state index in [1.165, 1.54) is 0 Å². The maximum absolute atomic E-state index is 5.38. The van der Waals surface area contributed by atoms with Gasteiger partial charge in [-0.15, -0.1) is 24.0 Å². The molecule has 1 aromatic rings. The van der Waals surface area contributed by atoms with E-state index >= 15 is 0 Å². The number of piperidine rings is 1. The van der Waals surface area contributed by atoms with Crippen molar-refractivity contribution in [2.24, 2.45) is 4.99 Å². The number of hydrogen-bond acceptors (Lipinski definition) is 4. The van der Waals surface area contributed by atoms with Crippen LogP contribution in [0, 0.1) is 0 Å². The minimum atomic E-state index is 0. The Hall–Kier alpha value is -0.800. The molecule has 1 aliphatic rings. The molecule has 1 aliphatic heterocycles. The highest BCUT2D eigenvalue weighted by Crippen LogP contribution is 2.10. The molecule has 1 fully saturated rings. The normalized spacial score (nSPS) is 16.3. The van der Waals surface area contributed by atoms with Crippen molar-refractivity contribution in [1.29, 1.82) is 0 Å². The van der Waals surface area contributed by atoms with Gasteiger partial charge >= 0.3 is 0 Å². The number of hydrogen-bond donors (Lipinski definition) is 2. The minimum Gasteiger partial charge on any atom is -0.469 e. The third kappa shape index (κ3) is 9.23. The van der Waals surface area contributed by atoms with Gasteiger partial charge in [0.25, 0.3) is 0 Å². The Morgan fingerprint density at radius 1 is 1.38 bits per heavy atom. The molecule has 26 heavy (non-hydrogen) atoms. The van der Waals surface area contributed by atoms with Crippen molar-refractivity contribution >= 4 is 29.9 Å². The lowest BCUT2D eigenvalue weighted by Gasteiger charge is -2.33. The zero-order valence-electron chi connectivity index (χ0n) is 16.2. The fourth-order valence-electron chi connectivity index (χ4n) is 3.06. The van der Waals surface area contributed by atoms with Gasteiger partial charge in [-0.25, -0.2) is 0 Å². The molecule has 7 heteroatoms. The molecule has 0 aliphatic carbocycles. The largest absolute Gasteiger partial charge is 0.469 e. The first-order chi connectivity index (χ1) is 12.3. The topological polar surface area (TPSA) is 62.0 Å². The number of halogens is 1. The van der Waals surface area contributed by atoms with Gasteiger partial charge in [0.05, 0.1) is 6.26 Å². The molecule has 1 saturated heterocycles. The Morgan fingerprint density at radius 3 is 2.85 bits per heavy atom. The first-order valence-electron chi connectivity index (χ1n) is 9.60. The summed E-state index contributed by atoms with van der Waals surface area (Å²) in [5, 5.41) is 7.06.